The van der Waals surface area contributed by atoms with E-state index in [-0.39, 0.29) is 18.4 Å². The number of rotatable bonds is 6. The van der Waals surface area contributed by atoms with Gasteiger partial charge in [-0.25, -0.2) is 0 Å². The largest absolute Gasteiger partial charge is 0.354 e. The monoisotopic (exact) mass is 401 g/mol. The summed E-state index contributed by atoms with van der Waals surface area (Å²) in [4.78, 5) is 29.9. The van der Waals surface area contributed by atoms with Gasteiger partial charge in [0.1, 0.15) is 0 Å². The molecule has 0 bridgehead atoms. The number of carbonyl (C=O) groups excluding carboxylic acids is 2. The molecular formula is C22H35N5O2. The summed E-state index contributed by atoms with van der Waals surface area (Å²) in [7, 11) is 1.77. The summed E-state index contributed by atoms with van der Waals surface area (Å²) >= 11 is 0. The highest BCUT2D eigenvalue weighted by molar-refractivity contribution is 5.97. The summed E-state index contributed by atoms with van der Waals surface area (Å²) in [6.45, 7) is 10.7. The second-order valence-corrected chi connectivity index (χ2v) is 8.84. The van der Waals surface area contributed by atoms with Crippen LogP contribution in [0.3, 0.4) is 0 Å². The lowest BCUT2D eigenvalue weighted by Crippen LogP contribution is -2.49. The molecule has 1 aliphatic heterocycles. The van der Waals surface area contributed by atoms with Crippen molar-refractivity contribution < 1.29 is 9.59 Å². The molecule has 1 aromatic carbocycles. The Morgan fingerprint density at radius 2 is 1.97 bits per heavy atom. The fraction of sp³-hybridized carbons (Fsp3) is 0.591. The van der Waals surface area contributed by atoms with Gasteiger partial charge in [-0.15, -0.1) is 0 Å². The molecule has 160 valence electrons. The molecule has 0 radical (unpaired) electrons. The van der Waals surface area contributed by atoms with Gasteiger partial charge in [0.05, 0.1) is 6.54 Å². The van der Waals surface area contributed by atoms with Crippen molar-refractivity contribution in [3.63, 3.8) is 0 Å². The number of guanidine groups is 1. The summed E-state index contributed by atoms with van der Waals surface area (Å²) in [5, 5.41) is 9.48. The van der Waals surface area contributed by atoms with E-state index in [2.05, 4.69) is 48.6 Å². The van der Waals surface area contributed by atoms with Gasteiger partial charge in [-0.3, -0.25) is 14.6 Å². The summed E-state index contributed by atoms with van der Waals surface area (Å²) in [5.74, 6) is 0.552. The first-order chi connectivity index (χ1) is 13.7. The van der Waals surface area contributed by atoms with Crippen LogP contribution in [0.1, 0.15) is 56.5 Å². The predicted molar refractivity (Wildman–Crippen MR) is 117 cm³/mol. The summed E-state index contributed by atoms with van der Waals surface area (Å²) in [6.07, 6.45) is 2.22. The van der Waals surface area contributed by atoms with Crippen molar-refractivity contribution in [3.05, 3.63) is 35.4 Å². The lowest BCUT2D eigenvalue weighted by molar-refractivity contribution is -0.123. The SMILES string of the molecule is CN=C(NCc1ccc(C(=O)N2CCNC(=O)C2)cc1)NC(C)CCC(C)(C)C. The van der Waals surface area contributed by atoms with Crippen molar-refractivity contribution in [2.75, 3.05) is 26.7 Å². The normalized spacial score (nSPS) is 16.2. The van der Waals surface area contributed by atoms with Gasteiger partial charge in [-0.1, -0.05) is 32.9 Å². The topological polar surface area (TPSA) is 85.8 Å². The number of hydrogen-bond acceptors (Lipinski definition) is 3. The van der Waals surface area contributed by atoms with E-state index < -0.39 is 0 Å². The second kappa shape index (κ2) is 10.3. The Hall–Kier alpha value is -2.57. The molecule has 0 aromatic heterocycles. The minimum Gasteiger partial charge on any atom is -0.354 e. The Bertz CT molecular complexity index is 722. The van der Waals surface area contributed by atoms with Gasteiger partial charge in [0, 0.05) is 38.3 Å². The molecule has 1 aliphatic rings. The van der Waals surface area contributed by atoms with Gasteiger partial charge in [-0.05, 0) is 42.9 Å². The Labute approximate surface area is 174 Å². The number of benzene rings is 1. The molecule has 1 atom stereocenters. The molecule has 1 heterocycles. The number of nitrogens with one attached hydrogen (secondary N) is 3. The van der Waals surface area contributed by atoms with E-state index in [0.29, 0.717) is 36.7 Å². The van der Waals surface area contributed by atoms with Crippen molar-refractivity contribution >= 4 is 17.8 Å². The second-order valence-electron chi connectivity index (χ2n) is 8.84. The zero-order valence-electron chi connectivity index (χ0n) is 18.3. The molecule has 7 nitrogen and oxygen atoms in total. The average Bonchev–Trinajstić information content (AvgIpc) is 2.69. The Morgan fingerprint density at radius 3 is 2.55 bits per heavy atom. The third-order valence-electron chi connectivity index (χ3n) is 4.92. The smallest absolute Gasteiger partial charge is 0.254 e. The van der Waals surface area contributed by atoms with Crippen molar-refractivity contribution in [1.29, 1.82) is 0 Å². The van der Waals surface area contributed by atoms with E-state index in [1.54, 1.807) is 11.9 Å². The fourth-order valence-corrected chi connectivity index (χ4v) is 3.10. The van der Waals surface area contributed by atoms with Gasteiger partial charge in [0.15, 0.2) is 5.96 Å². The Morgan fingerprint density at radius 1 is 1.28 bits per heavy atom. The number of amides is 2. The molecule has 7 heteroatoms. The quantitative estimate of drug-likeness (QED) is 0.504. The third-order valence-corrected chi connectivity index (χ3v) is 4.92. The molecule has 0 saturated carbocycles. The van der Waals surface area contributed by atoms with Crippen LogP contribution in [-0.2, 0) is 11.3 Å². The van der Waals surface area contributed by atoms with Crippen LogP contribution in [0.4, 0.5) is 0 Å². The maximum absolute atomic E-state index is 12.5. The number of piperazine rings is 1. The Balaban J connectivity index is 1.84. The highest BCUT2D eigenvalue weighted by Crippen LogP contribution is 2.21. The molecule has 1 aromatic rings. The predicted octanol–water partition coefficient (Wildman–Crippen LogP) is 2.14. The molecule has 29 heavy (non-hydrogen) atoms. The van der Waals surface area contributed by atoms with E-state index in [1.165, 1.54) is 0 Å². The van der Waals surface area contributed by atoms with Crippen LogP contribution in [0.15, 0.2) is 29.3 Å². The first-order valence-electron chi connectivity index (χ1n) is 10.3. The molecular weight excluding hydrogens is 366 g/mol. The van der Waals surface area contributed by atoms with Crippen molar-refractivity contribution in [2.45, 2.75) is 53.1 Å². The fourth-order valence-electron chi connectivity index (χ4n) is 3.10. The molecule has 0 spiro atoms. The summed E-state index contributed by atoms with van der Waals surface area (Å²) in [6, 6.07) is 7.82. The standard InChI is InChI=1S/C22H35N5O2/c1-16(10-11-22(2,3)4)26-21(23-5)25-14-17-6-8-18(9-7-17)20(29)27-13-12-24-19(28)15-27/h6-9,16H,10-15H2,1-5H3,(H,24,28)(H2,23,25,26). The molecule has 2 amide bonds. The molecule has 0 aliphatic carbocycles. The van der Waals surface area contributed by atoms with E-state index in [9.17, 15) is 9.59 Å². The molecule has 3 N–H and O–H groups in total. The minimum atomic E-state index is -0.110. The lowest BCUT2D eigenvalue weighted by Gasteiger charge is -2.26. The number of hydrogen-bond donors (Lipinski definition) is 3. The van der Waals surface area contributed by atoms with Gasteiger partial charge in [-0.2, -0.15) is 0 Å². The van der Waals surface area contributed by atoms with Crippen LogP contribution in [0, 0.1) is 5.41 Å². The van der Waals surface area contributed by atoms with Crippen LogP contribution < -0.4 is 16.0 Å². The number of nitrogens with zero attached hydrogens (tertiary/aromatic N) is 2. The van der Waals surface area contributed by atoms with E-state index >= 15 is 0 Å². The zero-order valence-corrected chi connectivity index (χ0v) is 18.3. The van der Waals surface area contributed by atoms with E-state index in [4.69, 9.17) is 0 Å². The van der Waals surface area contributed by atoms with E-state index in [1.807, 2.05) is 24.3 Å². The maximum Gasteiger partial charge on any atom is 0.254 e. The van der Waals surface area contributed by atoms with E-state index in [0.717, 1.165) is 24.4 Å². The first-order valence-corrected chi connectivity index (χ1v) is 10.3. The summed E-state index contributed by atoms with van der Waals surface area (Å²) < 4.78 is 0. The van der Waals surface area contributed by atoms with Crippen molar-refractivity contribution in [3.8, 4) is 0 Å². The molecule has 1 saturated heterocycles. The van der Waals surface area contributed by atoms with Crippen LogP contribution in [0.5, 0.6) is 0 Å². The van der Waals surface area contributed by atoms with Crippen LogP contribution in [0.25, 0.3) is 0 Å². The van der Waals surface area contributed by atoms with Crippen LogP contribution in [-0.4, -0.2) is 55.4 Å². The molecule has 2 rings (SSSR count). The van der Waals surface area contributed by atoms with Crippen LogP contribution in [0.2, 0.25) is 0 Å². The van der Waals surface area contributed by atoms with Gasteiger partial charge < -0.3 is 20.9 Å². The number of carbonyl (C=O) groups is 2. The Kier molecular flexibility index (Phi) is 8.05. The lowest BCUT2D eigenvalue weighted by atomic mass is 9.89. The first kappa shape index (κ1) is 22.7. The minimum absolute atomic E-state index is 0.107. The van der Waals surface area contributed by atoms with Crippen molar-refractivity contribution in [2.24, 2.45) is 10.4 Å². The zero-order chi connectivity index (χ0) is 21.4. The van der Waals surface area contributed by atoms with Gasteiger partial charge >= 0.3 is 0 Å². The van der Waals surface area contributed by atoms with Gasteiger partial charge in [0.2, 0.25) is 5.91 Å². The maximum atomic E-state index is 12.5. The highest BCUT2D eigenvalue weighted by Gasteiger charge is 2.22. The molecule has 1 fully saturated rings. The third kappa shape index (κ3) is 7.75. The number of aliphatic imine (C=N–C) groups is 1. The summed E-state index contributed by atoms with van der Waals surface area (Å²) in [5.41, 5.74) is 1.98. The van der Waals surface area contributed by atoms with Crippen molar-refractivity contribution in [1.82, 2.24) is 20.9 Å². The van der Waals surface area contributed by atoms with Crippen LogP contribution >= 0.6 is 0 Å². The van der Waals surface area contributed by atoms with Gasteiger partial charge in [0.25, 0.3) is 5.91 Å². The molecule has 1 unspecified atom stereocenters. The highest BCUT2D eigenvalue weighted by atomic mass is 16.2. The average molecular weight is 402 g/mol.